The lowest BCUT2D eigenvalue weighted by Crippen LogP contribution is -2.19. The van der Waals surface area contributed by atoms with Crippen molar-refractivity contribution in [2.75, 3.05) is 0 Å². The number of nitrogens with zero attached hydrogens (tertiary/aromatic N) is 2. The van der Waals surface area contributed by atoms with Crippen LogP contribution >= 0.6 is 11.6 Å². The first-order valence-corrected chi connectivity index (χ1v) is 6.38. The standard InChI is InChI=1S/C13H15ClN2O2/c1-2-10-9-11(18-15-10)5-4-8-16-12(14)6-3-7-13(16)17/h3,6-7,9H,2,4-5,8H2,1H3. The van der Waals surface area contributed by atoms with E-state index in [1.54, 1.807) is 16.7 Å². The summed E-state index contributed by atoms with van der Waals surface area (Å²) in [7, 11) is 0. The Bertz CT molecular complexity index is 574. The van der Waals surface area contributed by atoms with Gasteiger partial charge in [-0.3, -0.25) is 9.36 Å². The maximum Gasteiger partial charge on any atom is 0.251 e. The Kier molecular flexibility index (Phi) is 4.20. The van der Waals surface area contributed by atoms with Crippen LogP contribution in [0.15, 0.2) is 33.6 Å². The summed E-state index contributed by atoms with van der Waals surface area (Å²) in [5, 5.41) is 4.39. The highest BCUT2D eigenvalue weighted by Gasteiger charge is 2.04. The number of hydrogen-bond acceptors (Lipinski definition) is 3. The Morgan fingerprint density at radius 3 is 2.94 bits per heavy atom. The summed E-state index contributed by atoms with van der Waals surface area (Å²) in [6.07, 6.45) is 2.42. The van der Waals surface area contributed by atoms with Crippen LogP contribution in [-0.4, -0.2) is 9.72 Å². The molecule has 0 aliphatic rings. The molecule has 0 amide bonds. The molecule has 2 heterocycles. The average molecular weight is 267 g/mol. The van der Waals surface area contributed by atoms with Gasteiger partial charge < -0.3 is 4.52 Å². The lowest BCUT2D eigenvalue weighted by molar-refractivity contribution is 0.372. The molecule has 0 aromatic carbocycles. The first kappa shape index (κ1) is 12.9. The van der Waals surface area contributed by atoms with Gasteiger partial charge in [-0.1, -0.05) is 29.7 Å². The van der Waals surface area contributed by atoms with Crippen LogP contribution in [0.2, 0.25) is 5.15 Å². The monoisotopic (exact) mass is 266 g/mol. The van der Waals surface area contributed by atoms with Gasteiger partial charge in [0.25, 0.3) is 5.56 Å². The molecule has 0 bridgehead atoms. The maximum absolute atomic E-state index is 11.6. The molecule has 0 aliphatic heterocycles. The van der Waals surface area contributed by atoms with Crippen molar-refractivity contribution in [1.82, 2.24) is 9.72 Å². The van der Waals surface area contributed by atoms with Crippen LogP contribution in [0.25, 0.3) is 0 Å². The molecular weight excluding hydrogens is 252 g/mol. The van der Waals surface area contributed by atoms with Gasteiger partial charge in [-0.25, -0.2) is 0 Å². The molecule has 0 aliphatic carbocycles. The lowest BCUT2D eigenvalue weighted by atomic mass is 10.2. The van der Waals surface area contributed by atoms with E-state index in [-0.39, 0.29) is 5.56 Å². The summed E-state index contributed by atoms with van der Waals surface area (Å²) in [6.45, 7) is 2.62. The zero-order valence-corrected chi connectivity index (χ0v) is 11.0. The minimum Gasteiger partial charge on any atom is -0.361 e. The average Bonchev–Trinajstić information content (AvgIpc) is 2.81. The van der Waals surface area contributed by atoms with E-state index in [1.165, 1.54) is 6.07 Å². The van der Waals surface area contributed by atoms with Gasteiger partial charge in [-0.15, -0.1) is 0 Å². The van der Waals surface area contributed by atoms with Crippen molar-refractivity contribution in [2.45, 2.75) is 32.7 Å². The number of aryl methyl sites for hydroxylation is 2. The summed E-state index contributed by atoms with van der Waals surface area (Å²) in [6, 6.07) is 6.84. The first-order valence-electron chi connectivity index (χ1n) is 6.00. The lowest BCUT2D eigenvalue weighted by Gasteiger charge is -2.06. The highest BCUT2D eigenvalue weighted by molar-refractivity contribution is 6.29. The van der Waals surface area contributed by atoms with Gasteiger partial charge in [0, 0.05) is 25.1 Å². The third-order valence-electron chi connectivity index (χ3n) is 2.77. The number of rotatable bonds is 5. The van der Waals surface area contributed by atoms with Crippen LogP contribution in [0.3, 0.4) is 0 Å². The minimum absolute atomic E-state index is 0.0747. The van der Waals surface area contributed by atoms with Crippen molar-refractivity contribution in [3.8, 4) is 0 Å². The third-order valence-corrected chi connectivity index (χ3v) is 3.10. The van der Waals surface area contributed by atoms with Crippen LogP contribution < -0.4 is 5.56 Å². The Hall–Kier alpha value is -1.55. The van der Waals surface area contributed by atoms with E-state index >= 15 is 0 Å². The van der Waals surface area contributed by atoms with E-state index in [0.717, 1.165) is 30.7 Å². The van der Waals surface area contributed by atoms with E-state index in [1.807, 2.05) is 13.0 Å². The summed E-state index contributed by atoms with van der Waals surface area (Å²) in [5.41, 5.74) is 0.884. The fraction of sp³-hybridized carbons (Fsp3) is 0.385. The Balaban J connectivity index is 1.94. The van der Waals surface area contributed by atoms with Gasteiger partial charge in [0.15, 0.2) is 0 Å². The smallest absolute Gasteiger partial charge is 0.251 e. The van der Waals surface area contributed by atoms with E-state index in [4.69, 9.17) is 16.1 Å². The fourth-order valence-electron chi connectivity index (χ4n) is 1.76. The second-order valence-electron chi connectivity index (χ2n) is 4.08. The first-order chi connectivity index (χ1) is 8.70. The van der Waals surface area contributed by atoms with Gasteiger partial charge in [0.05, 0.1) is 5.69 Å². The number of hydrogen-bond donors (Lipinski definition) is 0. The molecule has 0 spiro atoms. The second-order valence-corrected chi connectivity index (χ2v) is 4.47. The molecule has 2 aromatic heterocycles. The summed E-state index contributed by atoms with van der Waals surface area (Å²) >= 11 is 5.97. The normalized spacial score (nSPS) is 10.8. The highest BCUT2D eigenvalue weighted by Crippen LogP contribution is 2.09. The minimum atomic E-state index is -0.0747. The van der Waals surface area contributed by atoms with E-state index in [9.17, 15) is 4.79 Å². The van der Waals surface area contributed by atoms with E-state index in [0.29, 0.717) is 11.7 Å². The van der Waals surface area contributed by atoms with Gasteiger partial charge in [-0.2, -0.15) is 0 Å². The molecule has 5 heteroatoms. The molecule has 96 valence electrons. The quantitative estimate of drug-likeness (QED) is 0.782. The Morgan fingerprint density at radius 1 is 1.44 bits per heavy atom. The van der Waals surface area contributed by atoms with Crippen molar-refractivity contribution in [1.29, 1.82) is 0 Å². The predicted octanol–water partition coefficient (Wildman–Crippen LogP) is 2.68. The van der Waals surface area contributed by atoms with E-state index in [2.05, 4.69) is 5.16 Å². The highest BCUT2D eigenvalue weighted by atomic mass is 35.5. The van der Waals surface area contributed by atoms with Gasteiger partial charge in [0.2, 0.25) is 0 Å². The molecule has 0 N–H and O–H groups in total. The SMILES string of the molecule is CCc1cc(CCCn2c(Cl)cccc2=O)on1. The van der Waals surface area contributed by atoms with Crippen molar-refractivity contribution in [3.05, 3.63) is 51.2 Å². The molecule has 0 saturated heterocycles. The van der Waals surface area contributed by atoms with Crippen LogP contribution in [-0.2, 0) is 19.4 Å². The molecule has 0 unspecified atom stereocenters. The van der Waals surface area contributed by atoms with Crippen LogP contribution in [0.4, 0.5) is 0 Å². The zero-order chi connectivity index (χ0) is 13.0. The van der Waals surface area contributed by atoms with Gasteiger partial charge in [-0.05, 0) is 18.9 Å². The van der Waals surface area contributed by atoms with Crippen LogP contribution in [0.5, 0.6) is 0 Å². The number of halogens is 1. The molecule has 2 aromatic rings. The molecule has 0 atom stereocenters. The molecular formula is C13H15ClN2O2. The number of aromatic nitrogens is 2. The second kappa shape index (κ2) is 5.87. The van der Waals surface area contributed by atoms with Crippen molar-refractivity contribution in [2.24, 2.45) is 0 Å². The van der Waals surface area contributed by atoms with Crippen molar-refractivity contribution >= 4 is 11.6 Å². The fourth-order valence-corrected chi connectivity index (χ4v) is 2.00. The maximum atomic E-state index is 11.6. The predicted molar refractivity (Wildman–Crippen MR) is 69.9 cm³/mol. The zero-order valence-electron chi connectivity index (χ0n) is 10.2. The van der Waals surface area contributed by atoms with E-state index < -0.39 is 0 Å². The topological polar surface area (TPSA) is 48.0 Å². The molecule has 2 rings (SSSR count). The van der Waals surface area contributed by atoms with Gasteiger partial charge >= 0.3 is 0 Å². The van der Waals surface area contributed by atoms with Gasteiger partial charge in [0.1, 0.15) is 10.9 Å². The molecule has 0 saturated carbocycles. The molecule has 4 nitrogen and oxygen atoms in total. The molecule has 0 radical (unpaired) electrons. The third kappa shape index (κ3) is 3.01. The van der Waals surface area contributed by atoms with Crippen LogP contribution in [0.1, 0.15) is 24.8 Å². The molecule has 18 heavy (non-hydrogen) atoms. The Morgan fingerprint density at radius 2 is 2.28 bits per heavy atom. The van der Waals surface area contributed by atoms with Crippen molar-refractivity contribution in [3.63, 3.8) is 0 Å². The molecule has 0 fully saturated rings. The summed E-state index contributed by atoms with van der Waals surface area (Å²) in [5.74, 6) is 0.854. The van der Waals surface area contributed by atoms with Crippen LogP contribution in [0, 0.1) is 0 Å². The van der Waals surface area contributed by atoms with Crippen molar-refractivity contribution < 1.29 is 4.52 Å². The largest absolute Gasteiger partial charge is 0.361 e. The summed E-state index contributed by atoms with van der Waals surface area (Å²) in [4.78, 5) is 11.6. The summed E-state index contributed by atoms with van der Waals surface area (Å²) < 4.78 is 6.74. The number of pyridine rings is 1. The Labute approximate surface area is 110 Å².